The molecule has 1 aromatic rings. The van der Waals surface area contributed by atoms with Gasteiger partial charge in [-0.1, -0.05) is 26.2 Å². The van der Waals surface area contributed by atoms with E-state index in [1.807, 2.05) is 0 Å². The largest absolute Gasteiger partial charge is 0.436 e. The summed E-state index contributed by atoms with van der Waals surface area (Å²) in [6, 6.07) is 0. The molecular weight excluding hydrogens is 285 g/mol. The number of aromatic nitrogens is 2. The Labute approximate surface area is 101 Å². The van der Waals surface area contributed by atoms with Crippen LogP contribution in [-0.2, 0) is 12.7 Å². The van der Waals surface area contributed by atoms with Gasteiger partial charge < -0.3 is 0 Å². The van der Waals surface area contributed by atoms with Crippen LogP contribution >= 0.6 is 15.9 Å². The van der Waals surface area contributed by atoms with Crippen LogP contribution in [0.4, 0.5) is 13.2 Å². The predicted molar refractivity (Wildman–Crippen MR) is 59.1 cm³/mol. The quantitative estimate of drug-likeness (QED) is 0.743. The summed E-state index contributed by atoms with van der Waals surface area (Å²) in [7, 11) is 0. The van der Waals surface area contributed by atoms with Gasteiger partial charge in [0.25, 0.3) is 0 Å². The Kier molecular flexibility index (Phi) is 4.83. The van der Waals surface area contributed by atoms with Crippen molar-refractivity contribution in [3.8, 4) is 0 Å². The molecule has 1 aromatic heterocycles. The maximum Gasteiger partial charge on any atom is 0.436 e. The molecule has 0 atom stereocenters. The van der Waals surface area contributed by atoms with Crippen LogP contribution in [0.15, 0.2) is 10.7 Å². The van der Waals surface area contributed by atoms with E-state index in [0.29, 0.717) is 6.54 Å². The molecule has 0 aliphatic heterocycles. The Hall–Kier alpha value is -0.520. The van der Waals surface area contributed by atoms with Crippen molar-refractivity contribution in [2.75, 3.05) is 0 Å². The van der Waals surface area contributed by atoms with Gasteiger partial charge >= 0.3 is 6.18 Å². The average Bonchev–Trinajstić information content (AvgIpc) is 2.54. The second kappa shape index (κ2) is 5.70. The fourth-order valence-corrected chi connectivity index (χ4v) is 1.94. The molecule has 0 N–H and O–H groups in total. The van der Waals surface area contributed by atoms with Crippen molar-refractivity contribution in [2.45, 2.75) is 45.3 Å². The Balaban J connectivity index is 2.56. The van der Waals surface area contributed by atoms with E-state index in [2.05, 4.69) is 28.0 Å². The molecule has 92 valence electrons. The Morgan fingerprint density at radius 2 is 2.00 bits per heavy atom. The molecule has 2 nitrogen and oxygen atoms in total. The second-order valence-corrected chi connectivity index (χ2v) is 4.50. The minimum Gasteiger partial charge on any atom is -0.271 e. The molecule has 0 fully saturated rings. The molecule has 6 heteroatoms. The minimum atomic E-state index is -4.38. The minimum absolute atomic E-state index is 0.00971. The zero-order valence-electron chi connectivity index (χ0n) is 9.02. The number of alkyl halides is 3. The van der Waals surface area contributed by atoms with Gasteiger partial charge in [-0.25, -0.2) is 0 Å². The number of hydrogen-bond acceptors (Lipinski definition) is 1. The van der Waals surface area contributed by atoms with Gasteiger partial charge in [-0.3, -0.25) is 4.68 Å². The molecule has 0 bridgehead atoms. The molecule has 0 saturated carbocycles. The maximum absolute atomic E-state index is 12.4. The number of halogens is 4. The lowest BCUT2D eigenvalue weighted by molar-refractivity contribution is -0.142. The van der Waals surface area contributed by atoms with E-state index in [1.54, 1.807) is 0 Å². The summed E-state index contributed by atoms with van der Waals surface area (Å²) in [5, 5.41) is 3.52. The van der Waals surface area contributed by atoms with Crippen molar-refractivity contribution >= 4 is 15.9 Å². The van der Waals surface area contributed by atoms with E-state index in [-0.39, 0.29) is 4.47 Å². The fourth-order valence-electron chi connectivity index (χ4n) is 1.40. The van der Waals surface area contributed by atoms with Crippen molar-refractivity contribution < 1.29 is 13.2 Å². The maximum atomic E-state index is 12.4. The number of aryl methyl sites for hydroxylation is 1. The molecule has 1 heterocycles. The molecule has 0 spiro atoms. The first kappa shape index (κ1) is 13.5. The van der Waals surface area contributed by atoms with Crippen LogP contribution in [0.1, 0.15) is 38.3 Å². The summed E-state index contributed by atoms with van der Waals surface area (Å²) >= 11 is 2.87. The third-order valence-electron chi connectivity index (χ3n) is 2.23. The first-order valence-corrected chi connectivity index (χ1v) is 6.04. The highest BCUT2D eigenvalue weighted by Gasteiger charge is 2.36. The highest BCUT2D eigenvalue weighted by Crippen LogP contribution is 2.33. The molecule has 0 aliphatic carbocycles. The SMILES string of the molecule is CCCCCCn1cc(Br)c(C(F)(F)F)n1. The number of rotatable bonds is 5. The van der Waals surface area contributed by atoms with Crippen LogP contribution < -0.4 is 0 Å². The van der Waals surface area contributed by atoms with E-state index >= 15 is 0 Å². The van der Waals surface area contributed by atoms with Crippen molar-refractivity contribution in [3.63, 3.8) is 0 Å². The Bertz CT molecular complexity index is 333. The van der Waals surface area contributed by atoms with Crippen LogP contribution in [0.2, 0.25) is 0 Å². The summed E-state index contributed by atoms with van der Waals surface area (Å²) in [4.78, 5) is 0. The summed E-state index contributed by atoms with van der Waals surface area (Å²) < 4.78 is 38.6. The lowest BCUT2D eigenvalue weighted by Gasteiger charge is -2.02. The third kappa shape index (κ3) is 3.81. The van der Waals surface area contributed by atoms with Gasteiger partial charge in [-0.15, -0.1) is 0 Å². The summed E-state index contributed by atoms with van der Waals surface area (Å²) in [6.07, 6.45) is 1.10. The molecule has 0 saturated heterocycles. The normalized spacial score (nSPS) is 12.1. The van der Waals surface area contributed by atoms with Gasteiger partial charge in [0.1, 0.15) is 0 Å². The van der Waals surface area contributed by atoms with Gasteiger partial charge in [0.2, 0.25) is 0 Å². The van der Waals surface area contributed by atoms with Gasteiger partial charge in [0, 0.05) is 12.7 Å². The van der Waals surface area contributed by atoms with Crippen LogP contribution in [0, 0.1) is 0 Å². The van der Waals surface area contributed by atoms with E-state index < -0.39 is 11.9 Å². The zero-order valence-corrected chi connectivity index (χ0v) is 10.6. The van der Waals surface area contributed by atoms with Gasteiger partial charge in [0.15, 0.2) is 5.69 Å². The molecule has 1 rings (SSSR count). The number of hydrogen-bond donors (Lipinski definition) is 0. The van der Waals surface area contributed by atoms with E-state index in [1.165, 1.54) is 10.9 Å². The van der Waals surface area contributed by atoms with Gasteiger partial charge in [0.05, 0.1) is 4.47 Å². The first-order chi connectivity index (χ1) is 7.45. The van der Waals surface area contributed by atoms with Crippen LogP contribution in [0.5, 0.6) is 0 Å². The van der Waals surface area contributed by atoms with Crippen molar-refractivity contribution in [1.29, 1.82) is 0 Å². The molecular formula is C10H14BrF3N2. The monoisotopic (exact) mass is 298 g/mol. The summed E-state index contributed by atoms with van der Waals surface area (Å²) in [5.74, 6) is 0. The molecule has 16 heavy (non-hydrogen) atoms. The lowest BCUT2D eigenvalue weighted by atomic mass is 10.2. The van der Waals surface area contributed by atoms with Crippen molar-refractivity contribution in [2.24, 2.45) is 0 Å². The molecule has 0 aliphatic rings. The molecule has 0 unspecified atom stereocenters. The number of nitrogens with zero attached hydrogens (tertiary/aromatic N) is 2. The first-order valence-electron chi connectivity index (χ1n) is 5.25. The topological polar surface area (TPSA) is 17.8 Å². The molecule has 0 radical (unpaired) electrons. The van der Waals surface area contributed by atoms with Crippen molar-refractivity contribution in [1.82, 2.24) is 9.78 Å². The Morgan fingerprint density at radius 1 is 1.31 bits per heavy atom. The third-order valence-corrected chi connectivity index (χ3v) is 2.81. The Morgan fingerprint density at radius 3 is 2.50 bits per heavy atom. The second-order valence-electron chi connectivity index (χ2n) is 3.65. The van der Waals surface area contributed by atoms with Crippen LogP contribution in [0.25, 0.3) is 0 Å². The zero-order chi connectivity index (χ0) is 12.2. The smallest absolute Gasteiger partial charge is 0.271 e. The fraction of sp³-hybridized carbons (Fsp3) is 0.700. The van der Waals surface area contributed by atoms with E-state index in [4.69, 9.17) is 0 Å². The standard InChI is InChI=1S/C10H14BrF3N2/c1-2-3-4-5-6-16-7-8(11)9(15-16)10(12,13)14/h7H,2-6H2,1H3. The van der Waals surface area contributed by atoms with Gasteiger partial charge in [-0.05, 0) is 22.4 Å². The van der Waals surface area contributed by atoms with Crippen LogP contribution in [-0.4, -0.2) is 9.78 Å². The highest BCUT2D eigenvalue weighted by atomic mass is 79.9. The molecule has 0 aromatic carbocycles. The predicted octanol–water partition coefficient (Wildman–Crippen LogP) is 4.24. The van der Waals surface area contributed by atoms with Crippen molar-refractivity contribution in [3.05, 3.63) is 16.4 Å². The average molecular weight is 299 g/mol. The van der Waals surface area contributed by atoms with E-state index in [0.717, 1.165) is 25.7 Å². The summed E-state index contributed by atoms with van der Waals surface area (Å²) in [6.45, 7) is 2.63. The highest BCUT2D eigenvalue weighted by molar-refractivity contribution is 9.10. The molecule has 0 amide bonds. The van der Waals surface area contributed by atoms with Gasteiger partial charge in [-0.2, -0.15) is 18.3 Å². The summed E-state index contributed by atoms with van der Waals surface area (Å²) in [5.41, 5.74) is -0.844. The number of unbranched alkanes of at least 4 members (excludes halogenated alkanes) is 3. The van der Waals surface area contributed by atoms with E-state index in [9.17, 15) is 13.2 Å². The van der Waals surface area contributed by atoms with Crippen LogP contribution in [0.3, 0.4) is 0 Å². The lowest BCUT2D eigenvalue weighted by Crippen LogP contribution is -2.08.